The van der Waals surface area contributed by atoms with E-state index in [4.69, 9.17) is 4.74 Å². The first-order valence-corrected chi connectivity index (χ1v) is 10.8. The Balaban J connectivity index is 2.10. The Bertz CT molecular complexity index is 1040. The van der Waals surface area contributed by atoms with Crippen LogP contribution in [-0.2, 0) is 17.6 Å². The number of rotatable bonds is 3. The maximum absolute atomic E-state index is 12.8. The van der Waals surface area contributed by atoms with E-state index < -0.39 is 0 Å². The highest BCUT2D eigenvalue weighted by molar-refractivity contribution is 7.98. The minimum atomic E-state index is -0.257. The lowest BCUT2D eigenvalue weighted by Crippen LogP contribution is -2.09. The molecule has 0 atom stereocenters. The predicted octanol–water partition coefficient (Wildman–Crippen LogP) is 6.33. The van der Waals surface area contributed by atoms with Gasteiger partial charge in [-0.25, -0.2) is 4.79 Å². The molecule has 4 rings (SSSR count). The molecule has 1 aliphatic rings. The number of carbonyl (C=O) groups excluding carboxylic acids is 1. The van der Waals surface area contributed by atoms with Gasteiger partial charge in [0.1, 0.15) is 0 Å². The van der Waals surface area contributed by atoms with E-state index in [0.29, 0.717) is 5.56 Å². The first kappa shape index (κ1) is 18.8. The molecule has 0 unspecified atom stereocenters. The SMILES string of the molecule is COC(=O)c1c(SC)cc(-c2ccc(C)cc2)c2c1-c1ccccc1CCC2. The molecule has 2 nitrogen and oxygen atoms in total. The van der Waals surface area contributed by atoms with Crippen LogP contribution in [0.3, 0.4) is 0 Å². The van der Waals surface area contributed by atoms with Crippen molar-refractivity contribution in [1.82, 2.24) is 0 Å². The third-order valence-electron chi connectivity index (χ3n) is 5.53. The van der Waals surface area contributed by atoms with Gasteiger partial charge in [0.15, 0.2) is 0 Å². The van der Waals surface area contributed by atoms with Gasteiger partial charge < -0.3 is 4.74 Å². The molecule has 0 saturated carbocycles. The van der Waals surface area contributed by atoms with E-state index in [2.05, 4.69) is 61.5 Å². The zero-order valence-electron chi connectivity index (χ0n) is 16.5. The number of methoxy groups -OCH3 is 1. The molecule has 0 aromatic heterocycles. The molecule has 3 heteroatoms. The Morgan fingerprint density at radius 2 is 1.75 bits per heavy atom. The van der Waals surface area contributed by atoms with Crippen molar-refractivity contribution in [2.45, 2.75) is 31.1 Å². The van der Waals surface area contributed by atoms with Gasteiger partial charge in [-0.1, -0.05) is 54.1 Å². The van der Waals surface area contributed by atoms with E-state index in [1.165, 1.54) is 40.5 Å². The van der Waals surface area contributed by atoms with Crippen molar-refractivity contribution in [3.8, 4) is 22.3 Å². The number of esters is 1. The minimum Gasteiger partial charge on any atom is -0.465 e. The van der Waals surface area contributed by atoms with Crippen LogP contribution in [0.5, 0.6) is 0 Å². The summed E-state index contributed by atoms with van der Waals surface area (Å²) in [6, 6.07) is 19.3. The number of thioether (sulfide) groups is 1. The Kier molecular flexibility index (Phi) is 5.27. The first-order chi connectivity index (χ1) is 13.6. The van der Waals surface area contributed by atoms with Crippen LogP contribution in [0.25, 0.3) is 22.3 Å². The Morgan fingerprint density at radius 3 is 2.46 bits per heavy atom. The fourth-order valence-electron chi connectivity index (χ4n) is 4.15. The molecule has 3 aromatic carbocycles. The summed E-state index contributed by atoms with van der Waals surface area (Å²) in [7, 11) is 1.47. The molecule has 28 heavy (non-hydrogen) atoms. The summed E-state index contributed by atoms with van der Waals surface area (Å²) in [5, 5.41) is 0. The van der Waals surface area contributed by atoms with Crippen molar-refractivity contribution in [3.05, 3.63) is 76.9 Å². The second kappa shape index (κ2) is 7.84. The zero-order chi connectivity index (χ0) is 19.7. The summed E-state index contributed by atoms with van der Waals surface area (Å²) < 4.78 is 5.21. The number of aryl methyl sites for hydroxylation is 2. The maximum Gasteiger partial charge on any atom is 0.339 e. The number of hydrogen-bond donors (Lipinski definition) is 0. The highest BCUT2D eigenvalue weighted by Crippen LogP contribution is 2.44. The fourth-order valence-corrected chi connectivity index (χ4v) is 4.78. The smallest absolute Gasteiger partial charge is 0.339 e. The molecule has 0 spiro atoms. The number of hydrogen-bond acceptors (Lipinski definition) is 3. The molecule has 0 N–H and O–H groups in total. The summed E-state index contributed by atoms with van der Waals surface area (Å²) in [6.07, 6.45) is 5.07. The summed E-state index contributed by atoms with van der Waals surface area (Å²) in [5.41, 5.74) is 9.16. The van der Waals surface area contributed by atoms with Gasteiger partial charge in [0, 0.05) is 10.5 Å². The summed E-state index contributed by atoms with van der Waals surface area (Å²) >= 11 is 1.60. The van der Waals surface area contributed by atoms with Crippen molar-refractivity contribution in [1.29, 1.82) is 0 Å². The van der Waals surface area contributed by atoms with E-state index >= 15 is 0 Å². The minimum absolute atomic E-state index is 0.257. The second-order valence-electron chi connectivity index (χ2n) is 7.22. The van der Waals surface area contributed by atoms with Gasteiger partial charge >= 0.3 is 5.97 Å². The molecular weight excluding hydrogens is 364 g/mol. The van der Waals surface area contributed by atoms with Gasteiger partial charge in [-0.2, -0.15) is 0 Å². The number of ether oxygens (including phenoxy) is 1. The lowest BCUT2D eigenvalue weighted by atomic mass is 9.86. The average Bonchev–Trinajstić information content (AvgIpc) is 2.92. The molecule has 0 bridgehead atoms. The number of carbonyl (C=O) groups is 1. The van der Waals surface area contributed by atoms with Crippen LogP contribution in [-0.4, -0.2) is 19.3 Å². The Morgan fingerprint density at radius 1 is 1.00 bits per heavy atom. The van der Waals surface area contributed by atoms with E-state index in [1.807, 2.05) is 6.26 Å². The van der Waals surface area contributed by atoms with Crippen LogP contribution in [0.4, 0.5) is 0 Å². The lowest BCUT2D eigenvalue weighted by molar-refractivity contribution is 0.0597. The van der Waals surface area contributed by atoms with Crippen LogP contribution in [0.15, 0.2) is 59.5 Å². The van der Waals surface area contributed by atoms with E-state index in [1.54, 1.807) is 11.8 Å². The van der Waals surface area contributed by atoms with Crippen LogP contribution >= 0.6 is 11.8 Å². The van der Waals surface area contributed by atoms with Gasteiger partial charge in [-0.3, -0.25) is 0 Å². The highest BCUT2D eigenvalue weighted by Gasteiger charge is 2.27. The van der Waals surface area contributed by atoms with Crippen LogP contribution in [0.2, 0.25) is 0 Å². The first-order valence-electron chi connectivity index (χ1n) is 9.61. The van der Waals surface area contributed by atoms with Crippen molar-refractivity contribution in [2.75, 3.05) is 13.4 Å². The summed E-state index contributed by atoms with van der Waals surface area (Å²) in [6.45, 7) is 2.11. The third-order valence-corrected chi connectivity index (χ3v) is 6.29. The quantitative estimate of drug-likeness (QED) is 0.387. The molecule has 1 aliphatic carbocycles. The molecule has 0 radical (unpaired) electrons. The molecule has 3 aromatic rings. The normalized spacial score (nSPS) is 12.7. The van der Waals surface area contributed by atoms with Crippen molar-refractivity contribution < 1.29 is 9.53 Å². The van der Waals surface area contributed by atoms with E-state index in [0.717, 1.165) is 29.7 Å². The molecular formula is C25H24O2S. The standard InChI is InChI=1S/C25H24O2S/c1-16-11-13-18(14-12-16)21-15-22(28-3)24(25(26)27-2)23-19-9-5-4-7-17(19)8-6-10-20(21)23/h4-5,7,9,11-15H,6,8,10H2,1-3H3. The number of benzene rings is 3. The van der Waals surface area contributed by atoms with Crippen molar-refractivity contribution in [2.24, 2.45) is 0 Å². The summed E-state index contributed by atoms with van der Waals surface area (Å²) in [4.78, 5) is 13.8. The molecule has 142 valence electrons. The largest absolute Gasteiger partial charge is 0.465 e. The van der Waals surface area contributed by atoms with Gasteiger partial charge in [0.05, 0.1) is 12.7 Å². The second-order valence-corrected chi connectivity index (χ2v) is 8.07. The zero-order valence-corrected chi connectivity index (χ0v) is 17.4. The Labute approximate surface area is 170 Å². The summed E-state index contributed by atoms with van der Waals surface area (Å²) in [5.74, 6) is -0.257. The predicted molar refractivity (Wildman–Crippen MR) is 117 cm³/mol. The van der Waals surface area contributed by atoms with Gasteiger partial charge in [0.25, 0.3) is 0 Å². The highest BCUT2D eigenvalue weighted by atomic mass is 32.2. The van der Waals surface area contributed by atoms with E-state index in [-0.39, 0.29) is 5.97 Å². The van der Waals surface area contributed by atoms with Gasteiger partial charge in [-0.15, -0.1) is 11.8 Å². The molecule has 0 heterocycles. The average molecular weight is 389 g/mol. The van der Waals surface area contributed by atoms with E-state index in [9.17, 15) is 4.79 Å². The van der Waals surface area contributed by atoms with Gasteiger partial charge in [-0.05, 0) is 66.3 Å². The monoisotopic (exact) mass is 388 g/mol. The third kappa shape index (κ3) is 3.24. The van der Waals surface area contributed by atoms with Crippen LogP contribution in [0, 0.1) is 6.92 Å². The lowest BCUT2D eigenvalue weighted by Gasteiger charge is -2.21. The molecule has 0 saturated heterocycles. The molecule has 0 aliphatic heterocycles. The molecule has 0 fully saturated rings. The van der Waals surface area contributed by atoms with Crippen LogP contribution in [0.1, 0.15) is 33.5 Å². The van der Waals surface area contributed by atoms with Crippen molar-refractivity contribution in [3.63, 3.8) is 0 Å². The van der Waals surface area contributed by atoms with Gasteiger partial charge in [0.2, 0.25) is 0 Å². The molecule has 0 amide bonds. The van der Waals surface area contributed by atoms with Crippen LogP contribution < -0.4 is 0 Å². The topological polar surface area (TPSA) is 26.3 Å². The fraction of sp³-hybridized carbons (Fsp3) is 0.240. The maximum atomic E-state index is 12.8. The Hall–Kier alpha value is -2.52. The van der Waals surface area contributed by atoms with Crippen molar-refractivity contribution >= 4 is 17.7 Å². The number of fused-ring (bicyclic) bond motifs is 3.